The Kier molecular flexibility index (Phi) is 5.60. The van der Waals surface area contributed by atoms with E-state index in [1.807, 2.05) is 0 Å². The molecule has 1 N–H and O–H groups in total. The number of aromatic nitrogens is 2. The van der Waals surface area contributed by atoms with Gasteiger partial charge in [-0.15, -0.1) is 0 Å². The molecule has 1 aliphatic heterocycles. The van der Waals surface area contributed by atoms with Gasteiger partial charge in [0.15, 0.2) is 0 Å². The van der Waals surface area contributed by atoms with Gasteiger partial charge in [-0.1, -0.05) is 12.1 Å². The van der Waals surface area contributed by atoms with Gasteiger partial charge in [0.2, 0.25) is 16.0 Å². The van der Waals surface area contributed by atoms with Crippen LogP contribution in [0, 0.1) is 11.7 Å². The highest BCUT2D eigenvalue weighted by Crippen LogP contribution is 2.20. The van der Waals surface area contributed by atoms with Crippen molar-refractivity contribution in [1.82, 2.24) is 14.7 Å². The van der Waals surface area contributed by atoms with Gasteiger partial charge < -0.3 is 4.90 Å². The third-order valence-electron chi connectivity index (χ3n) is 4.31. The van der Waals surface area contributed by atoms with E-state index < -0.39 is 10.0 Å². The first-order valence-electron chi connectivity index (χ1n) is 8.25. The van der Waals surface area contributed by atoms with E-state index in [4.69, 9.17) is 0 Å². The molecular formula is C17H21FN4O2S. The Morgan fingerprint density at radius 3 is 2.40 bits per heavy atom. The lowest BCUT2D eigenvalue weighted by Crippen LogP contribution is -2.39. The average Bonchev–Trinajstić information content (AvgIpc) is 2.63. The number of rotatable bonds is 6. The zero-order valence-electron chi connectivity index (χ0n) is 13.8. The fourth-order valence-corrected chi connectivity index (χ4v) is 4.11. The largest absolute Gasteiger partial charge is 0.341 e. The number of benzene rings is 1. The lowest BCUT2D eigenvalue weighted by atomic mass is 9.97. The molecule has 2 aromatic rings. The smallest absolute Gasteiger partial charge is 0.225 e. The van der Waals surface area contributed by atoms with E-state index in [2.05, 4.69) is 19.6 Å². The van der Waals surface area contributed by atoms with Gasteiger partial charge in [-0.2, -0.15) is 0 Å². The molecule has 0 saturated carbocycles. The zero-order valence-corrected chi connectivity index (χ0v) is 14.6. The van der Waals surface area contributed by atoms with E-state index >= 15 is 0 Å². The van der Waals surface area contributed by atoms with Gasteiger partial charge in [0.25, 0.3) is 0 Å². The first-order chi connectivity index (χ1) is 12.0. The molecular weight excluding hydrogens is 343 g/mol. The molecule has 0 unspecified atom stereocenters. The van der Waals surface area contributed by atoms with Crippen molar-refractivity contribution in [2.75, 3.05) is 24.5 Å². The van der Waals surface area contributed by atoms with Crippen molar-refractivity contribution in [3.8, 4) is 0 Å². The highest BCUT2D eigenvalue weighted by atomic mass is 32.2. The molecule has 1 aromatic carbocycles. The fraction of sp³-hybridized carbons (Fsp3) is 0.412. The topological polar surface area (TPSA) is 75.2 Å². The van der Waals surface area contributed by atoms with Crippen molar-refractivity contribution >= 4 is 16.0 Å². The number of hydrogen-bond acceptors (Lipinski definition) is 5. The Morgan fingerprint density at radius 2 is 1.76 bits per heavy atom. The van der Waals surface area contributed by atoms with Gasteiger partial charge in [-0.05, 0) is 42.5 Å². The predicted octanol–water partition coefficient (Wildman–Crippen LogP) is 1.95. The Hall–Kier alpha value is -2.06. The molecule has 6 nitrogen and oxygen atoms in total. The van der Waals surface area contributed by atoms with Crippen molar-refractivity contribution in [2.24, 2.45) is 5.92 Å². The summed E-state index contributed by atoms with van der Waals surface area (Å²) in [6.07, 6.45) is 5.21. The summed E-state index contributed by atoms with van der Waals surface area (Å²) in [6, 6.07) is 7.31. The monoisotopic (exact) mass is 364 g/mol. The van der Waals surface area contributed by atoms with Crippen LogP contribution < -0.4 is 9.62 Å². The number of hydrogen-bond donors (Lipinski definition) is 1. The van der Waals surface area contributed by atoms with Gasteiger partial charge in [-0.3, -0.25) is 0 Å². The van der Waals surface area contributed by atoms with Gasteiger partial charge >= 0.3 is 0 Å². The Labute approximate surface area is 147 Å². The molecule has 134 valence electrons. The third-order valence-corrected chi connectivity index (χ3v) is 5.63. The average molecular weight is 364 g/mol. The van der Waals surface area contributed by atoms with Crippen LogP contribution in [0.3, 0.4) is 0 Å². The number of halogens is 1. The van der Waals surface area contributed by atoms with Crippen molar-refractivity contribution in [3.05, 3.63) is 54.1 Å². The molecule has 0 radical (unpaired) electrons. The van der Waals surface area contributed by atoms with Crippen LogP contribution in [-0.2, 0) is 15.8 Å². The van der Waals surface area contributed by atoms with Crippen LogP contribution in [0.1, 0.15) is 18.4 Å². The molecule has 8 heteroatoms. The number of nitrogens with one attached hydrogen (secondary N) is 1. The lowest BCUT2D eigenvalue weighted by molar-refractivity contribution is 0.399. The minimum Gasteiger partial charge on any atom is -0.341 e. The Morgan fingerprint density at radius 1 is 1.12 bits per heavy atom. The second-order valence-electron chi connectivity index (χ2n) is 6.21. The van der Waals surface area contributed by atoms with Crippen LogP contribution >= 0.6 is 0 Å². The molecule has 1 saturated heterocycles. The molecule has 0 atom stereocenters. The van der Waals surface area contributed by atoms with Gasteiger partial charge in [0.05, 0.1) is 5.75 Å². The summed E-state index contributed by atoms with van der Waals surface area (Å²) in [6.45, 7) is 2.05. The second-order valence-corrected chi connectivity index (χ2v) is 8.02. The van der Waals surface area contributed by atoms with E-state index in [0.717, 1.165) is 31.9 Å². The van der Waals surface area contributed by atoms with Gasteiger partial charge in [-0.25, -0.2) is 27.5 Å². The van der Waals surface area contributed by atoms with E-state index in [9.17, 15) is 12.8 Å². The fourth-order valence-electron chi connectivity index (χ4n) is 2.89. The maximum atomic E-state index is 12.9. The van der Waals surface area contributed by atoms with Crippen molar-refractivity contribution in [3.63, 3.8) is 0 Å². The summed E-state index contributed by atoms with van der Waals surface area (Å²) in [5.41, 5.74) is 0.574. The van der Waals surface area contributed by atoms with Crippen LogP contribution in [0.15, 0.2) is 42.7 Å². The van der Waals surface area contributed by atoms with Crippen LogP contribution in [0.4, 0.5) is 10.3 Å². The van der Waals surface area contributed by atoms with Crippen molar-refractivity contribution in [2.45, 2.75) is 18.6 Å². The molecule has 0 bridgehead atoms. The van der Waals surface area contributed by atoms with Crippen molar-refractivity contribution < 1.29 is 12.8 Å². The highest BCUT2D eigenvalue weighted by Gasteiger charge is 2.22. The van der Waals surface area contributed by atoms with Crippen LogP contribution in [0.5, 0.6) is 0 Å². The summed E-state index contributed by atoms with van der Waals surface area (Å²) in [4.78, 5) is 10.6. The number of nitrogens with zero attached hydrogens (tertiary/aromatic N) is 3. The summed E-state index contributed by atoms with van der Waals surface area (Å²) < 4.78 is 39.9. The van der Waals surface area contributed by atoms with E-state index in [1.165, 1.54) is 24.3 Å². The summed E-state index contributed by atoms with van der Waals surface area (Å²) in [5.74, 6) is 0.508. The Bertz CT molecular complexity index is 776. The molecule has 1 aromatic heterocycles. The molecule has 3 rings (SSSR count). The molecule has 2 heterocycles. The quantitative estimate of drug-likeness (QED) is 0.848. The highest BCUT2D eigenvalue weighted by molar-refractivity contribution is 7.88. The van der Waals surface area contributed by atoms with Crippen molar-refractivity contribution in [1.29, 1.82) is 0 Å². The molecule has 0 aliphatic carbocycles. The maximum absolute atomic E-state index is 12.9. The number of sulfonamides is 1. The zero-order chi connectivity index (χ0) is 17.7. The Balaban J connectivity index is 1.46. The summed E-state index contributed by atoms with van der Waals surface area (Å²) in [5, 5.41) is 0. The number of anilines is 1. The summed E-state index contributed by atoms with van der Waals surface area (Å²) >= 11 is 0. The van der Waals surface area contributed by atoms with Crippen LogP contribution in [-0.4, -0.2) is 38.0 Å². The molecule has 0 spiro atoms. The van der Waals surface area contributed by atoms with Gasteiger partial charge in [0, 0.05) is 32.0 Å². The molecule has 1 fully saturated rings. The molecule has 25 heavy (non-hydrogen) atoms. The van der Waals surface area contributed by atoms with Crippen LogP contribution in [0.25, 0.3) is 0 Å². The van der Waals surface area contributed by atoms with E-state index in [-0.39, 0.29) is 11.6 Å². The third kappa shape index (κ3) is 5.20. The van der Waals surface area contributed by atoms with E-state index in [0.29, 0.717) is 18.0 Å². The molecule has 1 aliphatic rings. The first kappa shape index (κ1) is 17.8. The minimum atomic E-state index is -3.42. The molecule has 0 amide bonds. The normalized spacial score (nSPS) is 16.1. The standard InChI is InChI=1S/C17H21FN4O2S/c18-16-4-2-15(3-5-16)13-25(23,24)21-12-14-6-10-22(11-7-14)17-19-8-1-9-20-17/h1-5,8-9,14,21H,6-7,10-13H2. The van der Waals surface area contributed by atoms with E-state index in [1.54, 1.807) is 18.5 Å². The maximum Gasteiger partial charge on any atom is 0.225 e. The van der Waals surface area contributed by atoms with Crippen LogP contribution in [0.2, 0.25) is 0 Å². The van der Waals surface area contributed by atoms with Gasteiger partial charge in [0.1, 0.15) is 5.82 Å². The second kappa shape index (κ2) is 7.88. The predicted molar refractivity (Wildman–Crippen MR) is 94.0 cm³/mol. The first-order valence-corrected chi connectivity index (χ1v) is 9.91. The lowest BCUT2D eigenvalue weighted by Gasteiger charge is -2.31. The minimum absolute atomic E-state index is 0.135. The number of piperidine rings is 1. The SMILES string of the molecule is O=S(=O)(Cc1ccc(F)cc1)NCC1CCN(c2ncccn2)CC1. The summed E-state index contributed by atoms with van der Waals surface area (Å²) in [7, 11) is -3.42.